The van der Waals surface area contributed by atoms with E-state index in [-0.39, 0.29) is 12.8 Å². The van der Waals surface area contributed by atoms with Crippen molar-refractivity contribution >= 4 is 5.97 Å². The fourth-order valence-electron chi connectivity index (χ4n) is 3.06. The molecule has 0 aromatic heterocycles. The summed E-state index contributed by atoms with van der Waals surface area (Å²) in [4.78, 5) is 12.2. The Labute approximate surface area is 118 Å². The Hall–Kier alpha value is -0.610. The summed E-state index contributed by atoms with van der Waals surface area (Å²) in [5.41, 5.74) is -0.240. The van der Waals surface area contributed by atoms with Crippen molar-refractivity contribution < 1.29 is 15.7 Å². The van der Waals surface area contributed by atoms with Gasteiger partial charge in [-0.05, 0) is 37.6 Å². The van der Waals surface area contributed by atoms with Crippen LogP contribution in [0.5, 0.6) is 0 Å². The SMILES string of the molecule is CCOC[C@]1(C(=O)OC)CNCC(CC(C)(C)C)C1.[HH]. The van der Waals surface area contributed by atoms with Gasteiger partial charge >= 0.3 is 5.97 Å². The van der Waals surface area contributed by atoms with E-state index in [0.717, 1.165) is 19.4 Å². The standard InChI is InChI=1S/C15H29NO3.H2/c1-6-19-11-15(13(17)18-5)8-12(9-16-10-15)7-14(2,3)4;/h12,16H,6-11H2,1-5H3;1H/t12?,15-;/m1./s1. The van der Waals surface area contributed by atoms with Gasteiger partial charge in [-0.3, -0.25) is 4.79 Å². The maximum absolute atomic E-state index is 12.2. The highest BCUT2D eigenvalue weighted by molar-refractivity contribution is 5.77. The van der Waals surface area contributed by atoms with Crippen molar-refractivity contribution in [3.05, 3.63) is 0 Å². The van der Waals surface area contributed by atoms with Gasteiger partial charge in [-0.15, -0.1) is 0 Å². The zero-order chi connectivity index (χ0) is 14.5. The number of nitrogens with one attached hydrogen (secondary N) is 1. The van der Waals surface area contributed by atoms with Gasteiger partial charge in [-0.25, -0.2) is 0 Å². The number of carbonyl (C=O) groups is 1. The van der Waals surface area contributed by atoms with Crippen LogP contribution < -0.4 is 5.32 Å². The van der Waals surface area contributed by atoms with Gasteiger partial charge in [0.1, 0.15) is 5.41 Å². The molecule has 1 saturated heterocycles. The molecular formula is C15H31NO3. The summed E-state index contributed by atoms with van der Waals surface area (Å²) in [7, 11) is 1.46. The Morgan fingerprint density at radius 1 is 1.47 bits per heavy atom. The molecule has 0 spiro atoms. The summed E-state index contributed by atoms with van der Waals surface area (Å²) in [6, 6.07) is 0. The van der Waals surface area contributed by atoms with Gasteiger partial charge < -0.3 is 14.8 Å². The number of ether oxygens (including phenoxy) is 2. The van der Waals surface area contributed by atoms with Crippen LogP contribution in [-0.4, -0.2) is 39.4 Å². The number of esters is 1. The molecular weight excluding hydrogens is 242 g/mol. The van der Waals surface area contributed by atoms with E-state index in [1.54, 1.807) is 0 Å². The second-order valence-electron chi connectivity index (χ2n) is 6.87. The van der Waals surface area contributed by atoms with Gasteiger partial charge in [0.25, 0.3) is 0 Å². The van der Waals surface area contributed by atoms with Crippen molar-refractivity contribution in [3.8, 4) is 0 Å². The predicted octanol–water partition coefficient (Wildman–Crippen LogP) is 2.47. The van der Waals surface area contributed by atoms with Crippen molar-refractivity contribution in [1.29, 1.82) is 0 Å². The van der Waals surface area contributed by atoms with Crippen LogP contribution in [0.3, 0.4) is 0 Å². The fourth-order valence-corrected chi connectivity index (χ4v) is 3.06. The first-order valence-corrected chi connectivity index (χ1v) is 7.20. The van der Waals surface area contributed by atoms with Crippen LogP contribution in [-0.2, 0) is 14.3 Å². The molecule has 1 N–H and O–H groups in total. The molecule has 0 bridgehead atoms. The van der Waals surface area contributed by atoms with Crippen LogP contribution in [0.4, 0.5) is 0 Å². The van der Waals surface area contributed by atoms with Crippen molar-refractivity contribution in [1.82, 2.24) is 5.32 Å². The number of hydrogen-bond donors (Lipinski definition) is 1. The van der Waals surface area contributed by atoms with Gasteiger partial charge in [0.05, 0.1) is 13.7 Å². The van der Waals surface area contributed by atoms with Gasteiger partial charge in [0.15, 0.2) is 0 Å². The predicted molar refractivity (Wildman–Crippen MR) is 78.1 cm³/mol. The molecule has 0 aliphatic carbocycles. The van der Waals surface area contributed by atoms with Crippen LogP contribution >= 0.6 is 0 Å². The minimum atomic E-state index is -0.515. The molecule has 2 atom stereocenters. The first-order valence-electron chi connectivity index (χ1n) is 7.20. The maximum Gasteiger partial charge on any atom is 0.315 e. The molecule has 114 valence electrons. The molecule has 1 aliphatic rings. The smallest absolute Gasteiger partial charge is 0.315 e. The van der Waals surface area contributed by atoms with E-state index in [4.69, 9.17) is 9.47 Å². The van der Waals surface area contributed by atoms with Gasteiger partial charge in [-0.1, -0.05) is 20.8 Å². The number of hydrogen-bond acceptors (Lipinski definition) is 4. The van der Waals surface area contributed by atoms with E-state index in [1.807, 2.05) is 6.92 Å². The molecule has 1 unspecified atom stereocenters. The number of carbonyl (C=O) groups excluding carboxylic acids is 1. The molecule has 1 rings (SSSR count). The minimum absolute atomic E-state index is 0. The quantitative estimate of drug-likeness (QED) is 0.782. The Kier molecular flexibility index (Phi) is 5.81. The summed E-state index contributed by atoms with van der Waals surface area (Å²) in [5.74, 6) is 0.348. The lowest BCUT2D eigenvalue weighted by Gasteiger charge is -2.40. The van der Waals surface area contributed by atoms with E-state index in [2.05, 4.69) is 26.1 Å². The first kappa shape index (κ1) is 16.4. The Morgan fingerprint density at radius 3 is 2.68 bits per heavy atom. The highest BCUT2D eigenvalue weighted by Crippen LogP contribution is 2.36. The summed E-state index contributed by atoms with van der Waals surface area (Å²) in [6.07, 6.45) is 1.95. The number of rotatable bonds is 5. The van der Waals surface area contributed by atoms with Crippen LogP contribution in [0, 0.1) is 16.7 Å². The van der Waals surface area contributed by atoms with Crippen LogP contribution in [0.1, 0.15) is 42.0 Å². The number of piperidine rings is 1. The topological polar surface area (TPSA) is 47.6 Å². The third-order valence-corrected chi connectivity index (χ3v) is 3.68. The average molecular weight is 273 g/mol. The third-order valence-electron chi connectivity index (χ3n) is 3.68. The van der Waals surface area contributed by atoms with Crippen molar-refractivity contribution in [2.75, 3.05) is 33.4 Å². The normalized spacial score (nSPS) is 28.2. The molecule has 0 radical (unpaired) electrons. The summed E-state index contributed by atoms with van der Waals surface area (Å²) in [6.45, 7) is 11.4. The molecule has 0 amide bonds. The van der Waals surface area contributed by atoms with Crippen LogP contribution in [0.2, 0.25) is 0 Å². The van der Waals surface area contributed by atoms with E-state index in [9.17, 15) is 4.79 Å². The molecule has 0 aromatic rings. The van der Waals surface area contributed by atoms with Crippen molar-refractivity contribution in [2.45, 2.75) is 40.5 Å². The Morgan fingerprint density at radius 2 is 2.16 bits per heavy atom. The number of methoxy groups -OCH3 is 1. The zero-order valence-electron chi connectivity index (χ0n) is 13.0. The molecule has 1 heterocycles. The highest BCUT2D eigenvalue weighted by Gasteiger charge is 2.44. The molecule has 0 aromatic carbocycles. The second kappa shape index (κ2) is 6.71. The third kappa shape index (κ3) is 4.77. The molecule has 1 aliphatic heterocycles. The van der Waals surface area contributed by atoms with E-state index in [1.165, 1.54) is 7.11 Å². The van der Waals surface area contributed by atoms with Crippen LogP contribution in [0.15, 0.2) is 0 Å². The Bertz CT molecular complexity index is 304. The Balaban J connectivity index is 0.00000361. The largest absolute Gasteiger partial charge is 0.468 e. The van der Waals surface area contributed by atoms with E-state index < -0.39 is 5.41 Å². The minimum Gasteiger partial charge on any atom is -0.468 e. The molecule has 1 fully saturated rings. The van der Waals surface area contributed by atoms with E-state index >= 15 is 0 Å². The van der Waals surface area contributed by atoms with E-state index in [0.29, 0.717) is 25.7 Å². The van der Waals surface area contributed by atoms with Gasteiger partial charge in [0, 0.05) is 14.6 Å². The molecule has 4 nitrogen and oxygen atoms in total. The molecule has 0 saturated carbocycles. The monoisotopic (exact) mass is 273 g/mol. The lowest BCUT2D eigenvalue weighted by Crippen LogP contribution is -2.52. The summed E-state index contributed by atoms with van der Waals surface area (Å²) >= 11 is 0. The lowest BCUT2D eigenvalue weighted by molar-refractivity contribution is -0.159. The zero-order valence-corrected chi connectivity index (χ0v) is 13.0. The van der Waals surface area contributed by atoms with Crippen LogP contribution in [0.25, 0.3) is 0 Å². The fraction of sp³-hybridized carbons (Fsp3) is 0.933. The maximum atomic E-state index is 12.2. The average Bonchev–Trinajstić information content (AvgIpc) is 2.33. The summed E-state index contributed by atoms with van der Waals surface area (Å²) < 4.78 is 10.5. The van der Waals surface area contributed by atoms with Gasteiger partial charge in [-0.2, -0.15) is 0 Å². The second-order valence-corrected chi connectivity index (χ2v) is 6.87. The summed E-state index contributed by atoms with van der Waals surface area (Å²) in [5, 5.41) is 3.39. The first-order chi connectivity index (χ1) is 8.83. The lowest BCUT2D eigenvalue weighted by atomic mass is 9.72. The van der Waals surface area contributed by atoms with Crippen molar-refractivity contribution in [2.24, 2.45) is 16.7 Å². The molecule has 4 heteroatoms. The highest BCUT2D eigenvalue weighted by atomic mass is 16.5. The molecule has 19 heavy (non-hydrogen) atoms. The van der Waals surface area contributed by atoms with Crippen molar-refractivity contribution in [3.63, 3.8) is 0 Å². The van der Waals surface area contributed by atoms with Gasteiger partial charge in [0.2, 0.25) is 0 Å².